The third kappa shape index (κ3) is 3.06. The van der Waals surface area contributed by atoms with E-state index in [1.807, 2.05) is 6.08 Å². The largest absolute Gasteiger partial charge is 0.411 e. The van der Waals surface area contributed by atoms with E-state index in [0.29, 0.717) is 12.1 Å². The zero-order valence-corrected chi connectivity index (χ0v) is 11.8. The van der Waals surface area contributed by atoms with Gasteiger partial charge in [-0.15, -0.1) is 0 Å². The quantitative estimate of drug-likeness (QED) is 0.629. The van der Waals surface area contributed by atoms with Crippen LogP contribution in [-0.2, 0) is 0 Å². The molecule has 0 saturated carbocycles. The molecule has 0 radical (unpaired) electrons. The standard InChI is InChI=1S/C18H15F2NO/c19-16-5-1-12(2-6-16)14-9-15(11-18(10-14)21-22)13-3-7-17(20)8-4-13/h1-8,10,15,22H,9,11H2/b21-18-. The summed E-state index contributed by atoms with van der Waals surface area (Å²) in [5, 5.41) is 12.5. The van der Waals surface area contributed by atoms with Crippen molar-refractivity contribution < 1.29 is 14.0 Å². The zero-order valence-electron chi connectivity index (χ0n) is 11.8. The summed E-state index contributed by atoms with van der Waals surface area (Å²) in [7, 11) is 0. The summed E-state index contributed by atoms with van der Waals surface area (Å²) in [6, 6.07) is 12.6. The number of hydrogen-bond donors (Lipinski definition) is 1. The third-order valence-corrected chi connectivity index (χ3v) is 3.95. The Hall–Kier alpha value is -2.49. The number of nitrogens with zero attached hydrogens (tertiary/aromatic N) is 1. The normalized spacial score (nSPS) is 20.0. The highest BCUT2D eigenvalue weighted by atomic mass is 19.1. The van der Waals surface area contributed by atoms with Gasteiger partial charge in [0.1, 0.15) is 11.6 Å². The van der Waals surface area contributed by atoms with Crippen LogP contribution in [0, 0.1) is 11.6 Å². The summed E-state index contributed by atoms with van der Waals surface area (Å²) in [6.07, 6.45) is 3.15. The van der Waals surface area contributed by atoms with E-state index in [4.69, 9.17) is 5.21 Å². The Bertz CT molecular complexity index is 718. The predicted molar refractivity (Wildman–Crippen MR) is 82.0 cm³/mol. The molecule has 112 valence electrons. The van der Waals surface area contributed by atoms with Crippen molar-refractivity contribution in [2.24, 2.45) is 5.16 Å². The number of hydrogen-bond acceptors (Lipinski definition) is 2. The predicted octanol–water partition coefficient (Wildman–Crippen LogP) is 4.76. The van der Waals surface area contributed by atoms with Crippen LogP contribution in [-0.4, -0.2) is 10.9 Å². The van der Waals surface area contributed by atoms with E-state index in [-0.39, 0.29) is 17.6 Å². The highest BCUT2D eigenvalue weighted by Gasteiger charge is 2.22. The molecule has 22 heavy (non-hydrogen) atoms. The lowest BCUT2D eigenvalue weighted by Crippen LogP contribution is -2.13. The number of halogens is 2. The van der Waals surface area contributed by atoms with Crippen molar-refractivity contribution in [2.75, 3.05) is 0 Å². The van der Waals surface area contributed by atoms with Crippen LogP contribution in [0.1, 0.15) is 29.9 Å². The Kier molecular flexibility index (Phi) is 4.00. The molecule has 0 aliphatic heterocycles. The molecule has 0 saturated heterocycles. The van der Waals surface area contributed by atoms with Gasteiger partial charge in [0.05, 0.1) is 5.71 Å². The fourth-order valence-electron chi connectivity index (χ4n) is 2.81. The van der Waals surface area contributed by atoms with Crippen LogP contribution in [0.15, 0.2) is 59.8 Å². The second-order valence-electron chi connectivity index (χ2n) is 5.42. The summed E-state index contributed by atoms with van der Waals surface area (Å²) in [5.41, 5.74) is 3.44. The maximum absolute atomic E-state index is 13.1. The van der Waals surface area contributed by atoms with Crippen LogP contribution >= 0.6 is 0 Å². The molecule has 1 unspecified atom stereocenters. The maximum Gasteiger partial charge on any atom is 0.123 e. The SMILES string of the molecule is O/N=C1/C=C(c2ccc(F)cc2)CC(c2ccc(F)cc2)C1. The van der Waals surface area contributed by atoms with E-state index in [0.717, 1.165) is 23.1 Å². The minimum Gasteiger partial charge on any atom is -0.411 e. The highest BCUT2D eigenvalue weighted by molar-refractivity contribution is 6.02. The van der Waals surface area contributed by atoms with Gasteiger partial charge < -0.3 is 5.21 Å². The number of oxime groups is 1. The molecule has 0 aromatic heterocycles. The van der Waals surface area contributed by atoms with Gasteiger partial charge in [0.2, 0.25) is 0 Å². The topological polar surface area (TPSA) is 32.6 Å². The van der Waals surface area contributed by atoms with Crippen molar-refractivity contribution in [3.8, 4) is 0 Å². The molecule has 3 rings (SSSR count). The lowest BCUT2D eigenvalue weighted by molar-refractivity contribution is 0.317. The molecule has 2 aromatic carbocycles. The summed E-state index contributed by atoms with van der Waals surface area (Å²) in [5.74, 6) is -0.451. The monoisotopic (exact) mass is 299 g/mol. The summed E-state index contributed by atoms with van der Waals surface area (Å²) >= 11 is 0. The van der Waals surface area contributed by atoms with Crippen LogP contribution in [0.25, 0.3) is 5.57 Å². The molecular formula is C18H15F2NO. The van der Waals surface area contributed by atoms with Gasteiger partial charge in [-0.05, 0) is 59.4 Å². The highest BCUT2D eigenvalue weighted by Crippen LogP contribution is 2.36. The lowest BCUT2D eigenvalue weighted by Gasteiger charge is -2.24. The Balaban J connectivity index is 1.92. The van der Waals surface area contributed by atoms with E-state index in [2.05, 4.69) is 5.16 Å². The van der Waals surface area contributed by atoms with E-state index < -0.39 is 0 Å². The molecule has 2 nitrogen and oxygen atoms in total. The molecule has 2 aromatic rings. The van der Waals surface area contributed by atoms with E-state index >= 15 is 0 Å². The van der Waals surface area contributed by atoms with Gasteiger partial charge in [-0.2, -0.15) is 0 Å². The first kappa shape index (κ1) is 14.4. The summed E-state index contributed by atoms with van der Waals surface area (Å²) in [4.78, 5) is 0. The Labute approximate surface area is 127 Å². The van der Waals surface area contributed by atoms with Gasteiger partial charge in [0.25, 0.3) is 0 Å². The average Bonchev–Trinajstić information content (AvgIpc) is 2.55. The molecular weight excluding hydrogens is 284 g/mol. The number of allylic oxidation sites excluding steroid dienone is 2. The van der Waals surface area contributed by atoms with Crippen molar-refractivity contribution >= 4 is 11.3 Å². The molecule has 1 N–H and O–H groups in total. The smallest absolute Gasteiger partial charge is 0.123 e. The molecule has 1 aliphatic rings. The first-order chi connectivity index (χ1) is 10.7. The van der Waals surface area contributed by atoms with Gasteiger partial charge in [-0.3, -0.25) is 0 Å². The van der Waals surface area contributed by atoms with E-state index in [1.165, 1.54) is 24.3 Å². The molecule has 4 heteroatoms. The van der Waals surface area contributed by atoms with Crippen LogP contribution in [0.4, 0.5) is 8.78 Å². The molecule has 1 atom stereocenters. The summed E-state index contributed by atoms with van der Waals surface area (Å²) in [6.45, 7) is 0. The Morgan fingerprint density at radius 3 is 2.05 bits per heavy atom. The number of rotatable bonds is 2. The number of benzene rings is 2. The van der Waals surface area contributed by atoms with Crippen molar-refractivity contribution in [3.63, 3.8) is 0 Å². The second-order valence-corrected chi connectivity index (χ2v) is 5.42. The summed E-state index contributed by atoms with van der Waals surface area (Å²) < 4.78 is 26.1. The molecule has 0 amide bonds. The van der Waals surface area contributed by atoms with Crippen LogP contribution in [0.3, 0.4) is 0 Å². The Morgan fingerprint density at radius 1 is 0.864 bits per heavy atom. The molecule has 0 heterocycles. The first-order valence-corrected chi connectivity index (χ1v) is 7.08. The first-order valence-electron chi connectivity index (χ1n) is 7.08. The average molecular weight is 299 g/mol. The minimum atomic E-state index is -0.286. The zero-order chi connectivity index (χ0) is 15.5. The molecule has 0 fully saturated rings. The van der Waals surface area contributed by atoms with Gasteiger partial charge in [-0.25, -0.2) is 8.78 Å². The Morgan fingerprint density at radius 2 is 1.45 bits per heavy atom. The fraction of sp³-hybridized carbons (Fsp3) is 0.167. The van der Waals surface area contributed by atoms with Crippen LogP contribution in [0.5, 0.6) is 0 Å². The molecule has 1 aliphatic carbocycles. The fourth-order valence-corrected chi connectivity index (χ4v) is 2.81. The second kappa shape index (κ2) is 6.10. The van der Waals surface area contributed by atoms with Crippen molar-refractivity contribution in [2.45, 2.75) is 18.8 Å². The van der Waals surface area contributed by atoms with Gasteiger partial charge in [-0.1, -0.05) is 29.4 Å². The van der Waals surface area contributed by atoms with Crippen molar-refractivity contribution in [3.05, 3.63) is 77.4 Å². The van der Waals surface area contributed by atoms with Crippen LogP contribution < -0.4 is 0 Å². The van der Waals surface area contributed by atoms with Crippen LogP contribution in [0.2, 0.25) is 0 Å². The minimum absolute atomic E-state index is 0.108. The lowest BCUT2D eigenvalue weighted by atomic mass is 9.81. The molecule has 0 bridgehead atoms. The van der Waals surface area contributed by atoms with Crippen molar-refractivity contribution in [1.82, 2.24) is 0 Å². The maximum atomic E-state index is 13.1. The van der Waals surface area contributed by atoms with Crippen molar-refractivity contribution in [1.29, 1.82) is 0 Å². The van der Waals surface area contributed by atoms with E-state index in [1.54, 1.807) is 24.3 Å². The van der Waals surface area contributed by atoms with Gasteiger partial charge in [0.15, 0.2) is 0 Å². The van der Waals surface area contributed by atoms with Gasteiger partial charge >= 0.3 is 0 Å². The third-order valence-electron chi connectivity index (χ3n) is 3.95. The van der Waals surface area contributed by atoms with E-state index in [9.17, 15) is 8.78 Å². The molecule has 0 spiro atoms. The van der Waals surface area contributed by atoms with Gasteiger partial charge in [0, 0.05) is 6.42 Å².